The number of H-pyrrole nitrogens is 1. The molecule has 0 saturated carbocycles. The van der Waals surface area contributed by atoms with Gasteiger partial charge in [-0.2, -0.15) is 0 Å². The van der Waals surface area contributed by atoms with Gasteiger partial charge in [-0.1, -0.05) is 0 Å². The molecule has 1 heterocycles. The van der Waals surface area contributed by atoms with E-state index in [9.17, 15) is 19.2 Å². The Bertz CT molecular complexity index is 573. The lowest BCUT2D eigenvalue weighted by Gasteiger charge is -2.14. The minimum absolute atomic E-state index is 0.201. The van der Waals surface area contributed by atoms with Crippen molar-refractivity contribution in [2.24, 2.45) is 11.5 Å². The first kappa shape index (κ1) is 18.1. The molecule has 0 radical (unpaired) electrons. The third-order valence-corrected chi connectivity index (χ3v) is 2.79. The van der Waals surface area contributed by atoms with Crippen molar-refractivity contribution in [3.63, 3.8) is 0 Å². The molecule has 23 heavy (non-hydrogen) atoms. The zero-order valence-electron chi connectivity index (χ0n) is 12.1. The van der Waals surface area contributed by atoms with Crippen LogP contribution in [0.3, 0.4) is 0 Å². The Balaban J connectivity index is 2.40. The molecule has 1 aromatic rings. The molecule has 0 aliphatic heterocycles. The molecule has 2 atom stereocenters. The highest BCUT2D eigenvalue weighted by Crippen LogP contribution is 1.96. The number of aliphatic carboxylic acids is 1. The fourth-order valence-corrected chi connectivity index (χ4v) is 1.67. The number of amides is 3. The van der Waals surface area contributed by atoms with E-state index in [0.717, 1.165) is 0 Å². The summed E-state index contributed by atoms with van der Waals surface area (Å²) in [6, 6.07) is -2.35. The number of carboxylic acids is 1. The molecule has 11 nitrogen and oxygen atoms in total. The molecule has 8 N–H and O–H groups in total. The van der Waals surface area contributed by atoms with Crippen LogP contribution in [0.4, 0.5) is 0 Å². The van der Waals surface area contributed by atoms with Gasteiger partial charge in [0.05, 0.1) is 25.3 Å². The SMILES string of the molecule is NC(=O)C[C@H](NC(=O)CNC(=O)[C@@H](N)Cc1cnc[nH]1)C(=O)O. The van der Waals surface area contributed by atoms with Crippen LogP contribution < -0.4 is 22.1 Å². The predicted molar refractivity (Wildman–Crippen MR) is 76.7 cm³/mol. The van der Waals surface area contributed by atoms with Crippen LogP contribution in [0.5, 0.6) is 0 Å². The highest BCUT2D eigenvalue weighted by Gasteiger charge is 2.22. The molecule has 0 saturated heterocycles. The summed E-state index contributed by atoms with van der Waals surface area (Å²) in [6.07, 6.45) is 2.61. The quantitative estimate of drug-likeness (QED) is 0.275. The molecule has 0 bridgehead atoms. The summed E-state index contributed by atoms with van der Waals surface area (Å²) in [5.41, 5.74) is 11.2. The van der Waals surface area contributed by atoms with E-state index in [2.05, 4.69) is 20.6 Å². The number of hydrogen-bond acceptors (Lipinski definition) is 6. The summed E-state index contributed by atoms with van der Waals surface area (Å²) in [7, 11) is 0. The zero-order valence-corrected chi connectivity index (χ0v) is 12.1. The van der Waals surface area contributed by atoms with Crippen molar-refractivity contribution in [3.05, 3.63) is 18.2 Å². The fraction of sp³-hybridized carbons (Fsp3) is 0.417. The van der Waals surface area contributed by atoms with Gasteiger partial charge in [0.2, 0.25) is 17.7 Å². The number of primary amides is 1. The Morgan fingerprint density at radius 2 is 2.04 bits per heavy atom. The Morgan fingerprint density at radius 3 is 2.57 bits per heavy atom. The minimum atomic E-state index is -1.45. The topological polar surface area (TPSA) is 193 Å². The molecule has 0 fully saturated rings. The standard InChI is InChI=1S/C12H18N6O5/c13-7(1-6-3-15-5-17-6)11(21)16-4-10(20)18-8(12(22)23)2-9(14)19/h3,5,7-8H,1-2,4,13H2,(H2,14,19)(H,15,17)(H,16,21)(H,18,20)(H,22,23)/t7-,8-/m0/s1. The first-order valence-electron chi connectivity index (χ1n) is 6.60. The molecule has 1 rings (SSSR count). The van der Waals surface area contributed by atoms with E-state index in [1.807, 2.05) is 0 Å². The van der Waals surface area contributed by atoms with Crippen molar-refractivity contribution in [3.8, 4) is 0 Å². The normalized spacial score (nSPS) is 12.9. The lowest BCUT2D eigenvalue weighted by Crippen LogP contribution is -2.49. The van der Waals surface area contributed by atoms with E-state index in [4.69, 9.17) is 16.6 Å². The van der Waals surface area contributed by atoms with Crippen LogP contribution in [-0.4, -0.2) is 57.4 Å². The molecule has 0 aliphatic carbocycles. The van der Waals surface area contributed by atoms with E-state index in [0.29, 0.717) is 5.69 Å². The van der Waals surface area contributed by atoms with E-state index in [1.54, 1.807) is 0 Å². The number of aromatic amines is 1. The Kier molecular flexibility index (Phi) is 6.68. The zero-order chi connectivity index (χ0) is 17.4. The third-order valence-electron chi connectivity index (χ3n) is 2.79. The summed E-state index contributed by atoms with van der Waals surface area (Å²) in [6.45, 7) is -0.474. The number of nitrogens with two attached hydrogens (primary N) is 2. The lowest BCUT2D eigenvalue weighted by atomic mass is 10.1. The average Bonchev–Trinajstić information content (AvgIpc) is 2.96. The fourth-order valence-electron chi connectivity index (χ4n) is 1.67. The van der Waals surface area contributed by atoms with Crippen molar-refractivity contribution in [2.75, 3.05) is 6.54 Å². The summed E-state index contributed by atoms with van der Waals surface area (Å²) < 4.78 is 0. The number of rotatable bonds is 9. The minimum Gasteiger partial charge on any atom is -0.480 e. The second-order valence-corrected chi connectivity index (χ2v) is 4.73. The van der Waals surface area contributed by atoms with Crippen LogP contribution >= 0.6 is 0 Å². The van der Waals surface area contributed by atoms with Gasteiger partial charge in [0, 0.05) is 18.3 Å². The van der Waals surface area contributed by atoms with Crippen LogP contribution in [0.2, 0.25) is 0 Å². The number of carbonyl (C=O) groups excluding carboxylic acids is 3. The van der Waals surface area contributed by atoms with Crippen molar-refractivity contribution in [2.45, 2.75) is 24.9 Å². The predicted octanol–water partition coefficient (Wildman–Crippen LogP) is -3.16. The molecule has 3 amide bonds. The molecular weight excluding hydrogens is 308 g/mol. The Morgan fingerprint density at radius 1 is 1.35 bits per heavy atom. The van der Waals surface area contributed by atoms with Gasteiger partial charge in [-0.3, -0.25) is 14.4 Å². The molecule has 0 unspecified atom stereocenters. The summed E-state index contributed by atoms with van der Waals surface area (Å²) in [5, 5.41) is 13.2. The first-order chi connectivity index (χ1) is 10.8. The van der Waals surface area contributed by atoms with Gasteiger partial charge in [0.15, 0.2) is 0 Å². The van der Waals surface area contributed by atoms with Crippen molar-refractivity contribution < 1.29 is 24.3 Å². The van der Waals surface area contributed by atoms with Gasteiger partial charge < -0.3 is 32.2 Å². The number of carboxylic acid groups (broad SMARTS) is 1. The molecule has 0 aromatic carbocycles. The number of nitrogens with zero attached hydrogens (tertiary/aromatic N) is 1. The van der Waals surface area contributed by atoms with E-state index >= 15 is 0 Å². The number of carbonyl (C=O) groups is 4. The maximum Gasteiger partial charge on any atom is 0.326 e. The smallest absolute Gasteiger partial charge is 0.326 e. The first-order valence-corrected chi connectivity index (χ1v) is 6.60. The second-order valence-electron chi connectivity index (χ2n) is 4.73. The maximum atomic E-state index is 11.7. The number of aromatic nitrogens is 2. The third kappa shape index (κ3) is 6.56. The Hall–Kier alpha value is -2.95. The van der Waals surface area contributed by atoms with Crippen molar-refractivity contribution >= 4 is 23.7 Å². The number of hydrogen-bond donors (Lipinski definition) is 6. The number of imidazole rings is 1. The van der Waals surface area contributed by atoms with E-state index in [1.165, 1.54) is 12.5 Å². The second kappa shape index (κ2) is 8.48. The number of nitrogens with one attached hydrogen (secondary N) is 3. The molecule has 1 aromatic heterocycles. The van der Waals surface area contributed by atoms with Crippen molar-refractivity contribution in [1.82, 2.24) is 20.6 Å². The molecule has 0 aliphatic rings. The van der Waals surface area contributed by atoms with Gasteiger partial charge >= 0.3 is 5.97 Å². The summed E-state index contributed by atoms with van der Waals surface area (Å²) in [4.78, 5) is 51.5. The largest absolute Gasteiger partial charge is 0.480 e. The lowest BCUT2D eigenvalue weighted by molar-refractivity contribution is -0.143. The monoisotopic (exact) mass is 326 g/mol. The van der Waals surface area contributed by atoms with Crippen LogP contribution in [0.1, 0.15) is 12.1 Å². The van der Waals surface area contributed by atoms with Gasteiger partial charge in [0.25, 0.3) is 0 Å². The highest BCUT2D eigenvalue weighted by atomic mass is 16.4. The molecule has 11 heteroatoms. The van der Waals surface area contributed by atoms with Gasteiger partial charge in [0.1, 0.15) is 6.04 Å². The van der Waals surface area contributed by atoms with Crippen LogP contribution in [0.25, 0.3) is 0 Å². The van der Waals surface area contributed by atoms with Crippen LogP contribution in [0, 0.1) is 0 Å². The molecule has 126 valence electrons. The molecular formula is C12H18N6O5. The summed E-state index contributed by atoms with van der Waals surface area (Å²) in [5.74, 6) is -3.64. The highest BCUT2D eigenvalue weighted by molar-refractivity contribution is 5.91. The van der Waals surface area contributed by atoms with Gasteiger partial charge in [-0.05, 0) is 0 Å². The van der Waals surface area contributed by atoms with Gasteiger partial charge in [-0.15, -0.1) is 0 Å². The average molecular weight is 326 g/mol. The Labute approximate surface area is 130 Å². The van der Waals surface area contributed by atoms with Crippen LogP contribution in [0.15, 0.2) is 12.5 Å². The van der Waals surface area contributed by atoms with E-state index < -0.39 is 48.7 Å². The van der Waals surface area contributed by atoms with Crippen LogP contribution in [-0.2, 0) is 25.6 Å². The summed E-state index contributed by atoms with van der Waals surface area (Å²) >= 11 is 0. The molecule has 0 spiro atoms. The van der Waals surface area contributed by atoms with Gasteiger partial charge in [-0.25, -0.2) is 9.78 Å². The maximum absolute atomic E-state index is 11.7. The van der Waals surface area contributed by atoms with E-state index in [-0.39, 0.29) is 6.42 Å². The van der Waals surface area contributed by atoms with Crippen molar-refractivity contribution in [1.29, 1.82) is 0 Å².